The number of aromatic hydroxyl groups is 1. The number of benzene rings is 2. The Bertz CT molecular complexity index is 714. The van der Waals surface area contributed by atoms with E-state index in [1.165, 1.54) is 18.2 Å². The minimum absolute atomic E-state index is 0.0648. The lowest BCUT2D eigenvalue weighted by Crippen LogP contribution is -2.15. The SMILES string of the molecule is CN1C[C@@H](CCl)c2c1cc(O)c1cccc(C(F)(F)F)c21. The Hall–Kier alpha value is -1.62. The number of rotatable bonds is 1. The van der Waals surface area contributed by atoms with Gasteiger partial charge < -0.3 is 10.0 Å². The Morgan fingerprint density at radius 3 is 2.71 bits per heavy atom. The number of phenolic OH excluding ortho intramolecular Hbond substituents is 1. The Morgan fingerprint density at radius 1 is 1.38 bits per heavy atom. The number of nitrogens with zero attached hydrogens (tertiary/aromatic N) is 1. The number of halogens is 4. The quantitative estimate of drug-likeness (QED) is 0.791. The minimum Gasteiger partial charge on any atom is -0.507 e. The third-order valence-electron chi connectivity index (χ3n) is 3.96. The highest BCUT2D eigenvalue weighted by Gasteiger charge is 2.37. The van der Waals surface area contributed by atoms with Crippen LogP contribution in [0.3, 0.4) is 0 Å². The molecule has 0 saturated carbocycles. The summed E-state index contributed by atoms with van der Waals surface area (Å²) in [5.74, 6) is -0.0844. The summed E-state index contributed by atoms with van der Waals surface area (Å²) in [7, 11) is 1.78. The van der Waals surface area contributed by atoms with Gasteiger partial charge in [-0.3, -0.25) is 0 Å². The highest BCUT2D eigenvalue weighted by molar-refractivity contribution is 6.18. The summed E-state index contributed by atoms with van der Waals surface area (Å²) in [6.07, 6.45) is -4.47. The number of alkyl halides is 4. The van der Waals surface area contributed by atoms with Crippen LogP contribution in [-0.4, -0.2) is 24.6 Å². The molecule has 1 aliphatic heterocycles. The van der Waals surface area contributed by atoms with Crippen molar-refractivity contribution in [2.24, 2.45) is 0 Å². The monoisotopic (exact) mass is 315 g/mol. The topological polar surface area (TPSA) is 23.5 Å². The lowest BCUT2D eigenvalue weighted by Gasteiger charge is -2.17. The van der Waals surface area contributed by atoms with Crippen molar-refractivity contribution in [2.75, 3.05) is 24.4 Å². The fourth-order valence-electron chi connectivity index (χ4n) is 3.08. The van der Waals surface area contributed by atoms with Gasteiger partial charge >= 0.3 is 6.18 Å². The molecule has 0 radical (unpaired) electrons. The summed E-state index contributed by atoms with van der Waals surface area (Å²) in [5.41, 5.74) is 0.466. The van der Waals surface area contributed by atoms with Gasteiger partial charge in [0.1, 0.15) is 5.75 Å². The standard InChI is InChI=1S/C15H13ClF3NO/c1-20-7-8(6-16)13-11(20)5-12(21)9-3-2-4-10(14(9)13)15(17,18)19/h2-5,8,21H,6-7H2,1H3/t8-/m1/s1. The summed E-state index contributed by atoms with van der Waals surface area (Å²) in [6.45, 7) is 0.545. The molecule has 0 fully saturated rings. The van der Waals surface area contributed by atoms with Crippen molar-refractivity contribution in [1.29, 1.82) is 0 Å². The van der Waals surface area contributed by atoms with E-state index in [2.05, 4.69) is 0 Å². The van der Waals surface area contributed by atoms with E-state index in [0.29, 0.717) is 17.8 Å². The summed E-state index contributed by atoms with van der Waals surface area (Å²) < 4.78 is 40.0. The van der Waals surface area contributed by atoms with E-state index >= 15 is 0 Å². The Kier molecular flexibility index (Phi) is 3.20. The number of hydrogen-bond donors (Lipinski definition) is 1. The molecule has 0 aliphatic carbocycles. The maximum Gasteiger partial charge on any atom is 0.417 e. The van der Waals surface area contributed by atoms with Crippen LogP contribution in [0.2, 0.25) is 0 Å². The van der Waals surface area contributed by atoms with Gasteiger partial charge in [-0.05, 0) is 11.6 Å². The van der Waals surface area contributed by atoms with Gasteiger partial charge in [0.2, 0.25) is 0 Å². The number of phenols is 1. The molecule has 1 atom stereocenters. The summed E-state index contributed by atoms with van der Waals surface area (Å²) >= 11 is 5.94. The second-order valence-corrected chi connectivity index (χ2v) is 5.59. The van der Waals surface area contributed by atoms with E-state index in [0.717, 1.165) is 6.07 Å². The van der Waals surface area contributed by atoms with E-state index in [-0.39, 0.29) is 28.3 Å². The van der Waals surface area contributed by atoms with Gasteiger partial charge in [-0.25, -0.2) is 0 Å². The molecule has 0 aromatic heterocycles. The molecule has 3 rings (SSSR count). The van der Waals surface area contributed by atoms with Crippen LogP contribution in [0.1, 0.15) is 17.0 Å². The zero-order valence-electron chi connectivity index (χ0n) is 11.2. The van der Waals surface area contributed by atoms with Crippen molar-refractivity contribution in [1.82, 2.24) is 0 Å². The van der Waals surface area contributed by atoms with Crippen molar-refractivity contribution in [2.45, 2.75) is 12.1 Å². The van der Waals surface area contributed by atoms with Crippen LogP contribution in [0.5, 0.6) is 5.75 Å². The number of hydrogen-bond acceptors (Lipinski definition) is 2. The van der Waals surface area contributed by atoms with Crippen LogP contribution < -0.4 is 4.90 Å². The van der Waals surface area contributed by atoms with Gasteiger partial charge in [0, 0.05) is 47.9 Å². The normalized spacial score (nSPS) is 18.3. The Morgan fingerprint density at radius 2 is 2.10 bits per heavy atom. The van der Waals surface area contributed by atoms with Gasteiger partial charge in [-0.15, -0.1) is 11.6 Å². The molecule has 1 heterocycles. The molecule has 0 bridgehead atoms. The van der Waals surface area contributed by atoms with E-state index in [1.807, 2.05) is 4.90 Å². The van der Waals surface area contributed by atoms with E-state index < -0.39 is 11.7 Å². The molecule has 0 amide bonds. The van der Waals surface area contributed by atoms with E-state index in [1.54, 1.807) is 7.05 Å². The fourth-order valence-corrected chi connectivity index (χ4v) is 3.33. The second kappa shape index (κ2) is 4.70. The van der Waals surface area contributed by atoms with Crippen molar-refractivity contribution in [3.8, 4) is 5.75 Å². The zero-order valence-corrected chi connectivity index (χ0v) is 12.0. The molecule has 2 aromatic carbocycles. The zero-order chi connectivity index (χ0) is 15.4. The lowest BCUT2D eigenvalue weighted by molar-refractivity contribution is -0.136. The molecular weight excluding hydrogens is 303 g/mol. The molecular formula is C15H13ClF3NO. The number of anilines is 1. The lowest BCUT2D eigenvalue weighted by atomic mass is 9.92. The van der Waals surface area contributed by atoms with Crippen molar-refractivity contribution < 1.29 is 18.3 Å². The maximum atomic E-state index is 13.3. The molecule has 2 nitrogen and oxygen atoms in total. The first-order valence-electron chi connectivity index (χ1n) is 6.47. The molecule has 0 unspecified atom stereocenters. The summed E-state index contributed by atoms with van der Waals surface area (Å²) in [6, 6.07) is 5.38. The molecule has 112 valence electrons. The maximum absolute atomic E-state index is 13.3. The molecule has 2 aromatic rings. The van der Waals surface area contributed by atoms with Gasteiger partial charge in [-0.2, -0.15) is 13.2 Å². The van der Waals surface area contributed by atoms with Crippen LogP contribution in [0.25, 0.3) is 10.8 Å². The first-order valence-corrected chi connectivity index (χ1v) is 7.01. The van der Waals surface area contributed by atoms with Crippen molar-refractivity contribution in [3.63, 3.8) is 0 Å². The predicted molar refractivity (Wildman–Crippen MR) is 77.3 cm³/mol. The highest BCUT2D eigenvalue weighted by atomic mass is 35.5. The van der Waals surface area contributed by atoms with Crippen LogP contribution in [-0.2, 0) is 6.18 Å². The molecule has 1 N–H and O–H groups in total. The molecule has 6 heteroatoms. The van der Waals surface area contributed by atoms with Crippen LogP contribution in [0, 0.1) is 0 Å². The largest absolute Gasteiger partial charge is 0.507 e. The highest BCUT2D eigenvalue weighted by Crippen LogP contribution is 2.48. The average molecular weight is 316 g/mol. The predicted octanol–water partition coefficient (Wildman–Crippen LogP) is 4.34. The second-order valence-electron chi connectivity index (χ2n) is 5.29. The Labute approximate surface area is 124 Å². The average Bonchev–Trinajstić information content (AvgIpc) is 2.74. The van der Waals surface area contributed by atoms with Crippen LogP contribution in [0.4, 0.5) is 18.9 Å². The van der Waals surface area contributed by atoms with Crippen LogP contribution in [0.15, 0.2) is 24.3 Å². The van der Waals surface area contributed by atoms with Crippen LogP contribution >= 0.6 is 11.6 Å². The third kappa shape index (κ3) is 2.11. The molecule has 21 heavy (non-hydrogen) atoms. The smallest absolute Gasteiger partial charge is 0.417 e. The Balaban J connectivity index is 2.46. The van der Waals surface area contributed by atoms with Crippen molar-refractivity contribution >= 4 is 28.1 Å². The van der Waals surface area contributed by atoms with Crippen molar-refractivity contribution in [3.05, 3.63) is 35.4 Å². The van der Waals surface area contributed by atoms with E-state index in [9.17, 15) is 18.3 Å². The summed E-state index contributed by atoms with van der Waals surface area (Å²) in [4.78, 5) is 1.83. The number of fused-ring (bicyclic) bond motifs is 3. The van der Waals surface area contributed by atoms with E-state index in [4.69, 9.17) is 11.6 Å². The third-order valence-corrected chi connectivity index (χ3v) is 4.34. The first kappa shape index (κ1) is 14.3. The minimum atomic E-state index is -4.47. The molecule has 0 spiro atoms. The van der Waals surface area contributed by atoms with Gasteiger partial charge in [0.25, 0.3) is 0 Å². The number of likely N-dealkylation sites (N-methyl/N-ethyl adjacent to an activating group) is 1. The fraction of sp³-hybridized carbons (Fsp3) is 0.333. The van der Waals surface area contributed by atoms with Gasteiger partial charge in [0.05, 0.1) is 5.56 Å². The van der Waals surface area contributed by atoms with Gasteiger partial charge in [0.15, 0.2) is 0 Å². The van der Waals surface area contributed by atoms with Gasteiger partial charge in [-0.1, -0.05) is 12.1 Å². The molecule has 1 aliphatic rings. The first-order chi connectivity index (χ1) is 9.84. The molecule has 0 saturated heterocycles. The summed E-state index contributed by atoms with van der Waals surface area (Å²) in [5, 5.41) is 10.4.